The number of halogens is 1. The van der Waals surface area contributed by atoms with E-state index >= 15 is 0 Å². The summed E-state index contributed by atoms with van der Waals surface area (Å²) in [5, 5.41) is 8.32. The molecule has 0 spiro atoms. The summed E-state index contributed by atoms with van der Waals surface area (Å²) in [4.78, 5) is 10.1. The summed E-state index contributed by atoms with van der Waals surface area (Å²) in [7, 11) is 0. The van der Waals surface area contributed by atoms with Crippen molar-refractivity contribution in [2.45, 2.75) is 13.3 Å². The molecule has 1 rings (SSSR count). The van der Waals surface area contributed by atoms with E-state index in [1.165, 1.54) is 6.07 Å². The molecule has 0 aliphatic heterocycles. The van der Waals surface area contributed by atoms with E-state index in [1.807, 2.05) is 6.92 Å². The summed E-state index contributed by atoms with van der Waals surface area (Å²) in [6, 6.07) is 4.54. The zero-order chi connectivity index (χ0) is 10.6. The Hall–Kier alpha value is -1.82. The second-order valence-electron chi connectivity index (χ2n) is 2.86. The lowest BCUT2D eigenvalue weighted by atomic mass is 10.1. The van der Waals surface area contributed by atoms with Crippen molar-refractivity contribution in [3.63, 3.8) is 0 Å². The Morgan fingerprint density at radius 3 is 2.93 bits per heavy atom. The Morgan fingerprint density at radius 1 is 1.57 bits per heavy atom. The summed E-state index contributed by atoms with van der Waals surface area (Å²) in [6.07, 6.45) is -0.270. The molecular formula is C11H9FO2. The average molecular weight is 192 g/mol. The van der Waals surface area contributed by atoms with Gasteiger partial charge in [-0.25, -0.2) is 4.39 Å². The minimum absolute atomic E-state index is 0.242. The average Bonchev–Trinajstić information content (AvgIpc) is 2.10. The van der Waals surface area contributed by atoms with Crippen molar-refractivity contribution in [1.82, 2.24) is 0 Å². The Labute approximate surface area is 81.4 Å². The molecule has 0 saturated carbocycles. The van der Waals surface area contributed by atoms with Gasteiger partial charge in [0.2, 0.25) is 0 Å². The van der Waals surface area contributed by atoms with Gasteiger partial charge in [-0.2, -0.15) is 0 Å². The zero-order valence-electron chi connectivity index (χ0n) is 7.67. The maximum Gasteiger partial charge on any atom is 0.315 e. The molecule has 0 atom stereocenters. The van der Waals surface area contributed by atoms with Crippen LogP contribution in [0.2, 0.25) is 0 Å². The van der Waals surface area contributed by atoms with Crippen LogP contribution in [0.5, 0.6) is 0 Å². The van der Waals surface area contributed by atoms with Gasteiger partial charge in [-0.05, 0) is 24.6 Å². The van der Waals surface area contributed by atoms with E-state index < -0.39 is 11.8 Å². The van der Waals surface area contributed by atoms with Crippen molar-refractivity contribution in [1.29, 1.82) is 0 Å². The number of carboxylic acids is 1. The number of rotatable bonds is 1. The van der Waals surface area contributed by atoms with Crippen LogP contribution in [0.15, 0.2) is 18.2 Å². The fourth-order valence-electron chi connectivity index (χ4n) is 0.950. The van der Waals surface area contributed by atoms with Crippen LogP contribution >= 0.6 is 0 Å². The quantitative estimate of drug-likeness (QED) is 0.690. The van der Waals surface area contributed by atoms with Gasteiger partial charge in [-0.15, -0.1) is 0 Å². The molecule has 0 aromatic heterocycles. The fraction of sp³-hybridized carbons (Fsp3) is 0.182. The molecule has 0 saturated heterocycles. The van der Waals surface area contributed by atoms with E-state index in [0.717, 1.165) is 5.56 Å². The Morgan fingerprint density at radius 2 is 2.29 bits per heavy atom. The highest BCUT2D eigenvalue weighted by atomic mass is 19.1. The summed E-state index contributed by atoms with van der Waals surface area (Å²) in [5.41, 5.74) is 1.14. The Balaban J connectivity index is 2.88. The molecule has 0 aliphatic carbocycles. The van der Waals surface area contributed by atoms with Crippen molar-refractivity contribution in [2.75, 3.05) is 0 Å². The minimum Gasteiger partial charge on any atom is -0.481 e. The van der Waals surface area contributed by atoms with Gasteiger partial charge in [0.25, 0.3) is 0 Å². The van der Waals surface area contributed by atoms with Crippen molar-refractivity contribution in [3.05, 3.63) is 35.1 Å². The van der Waals surface area contributed by atoms with E-state index in [2.05, 4.69) is 11.8 Å². The number of benzene rings is 1. The normalized spacial score (nSPS) is 9.00. The highest BCUT2D eigenvalue weighted by Crippen LogP contribution is 2.08. The van der Waals surface area contributed by atoms with Gasteiger partial charge in [-0.3, -0.25) is 4.79 Å². The predicted octanol–water partition coefficient (Wildman–Crippen LogP) is 1.96. The van der Waals surface area contributed by atoms with Crippen molar-refractivity contribution in [2.24, 2.45) is 0 Å². The molecule has 0 radical (unpaired) electrons. The third-order valence-corrected chi connectivity index (χ3v) is 1.58. The third-order valence-electron chi connectivity index (χ3n) is 1.58. The zero-order valence-corrected chi connectivity index (χ0v) is 7.67. The van der Waals surface area contributed by atoms with E-state index in [9.17, 15) is 9.18 Å². The van der Waals surface area contributed by atoms with E-state index in [-0.39, 0.29) is 12.0 Å². The first-order valence-electron chi connectivity index (χ1n) is 4.06. The molecule has 1 aromatic carbocycles. The highest BCUT2D eigenvalue weighted by molar-refractivity contribution is 5.70. The number of carboxylic acid groups (broad SMARTS) is 1. The highest BCUT2D eigenvalue weighted by Gasteiger charge is 1.98. The lowest BCUT2D eigenvalue weighted by Gasteiger charge is -1.95. The molecule has 2 nitrogen and oxygen atoms in total. The molecule has 0 aliphatic rings. The predicted molar refractivity (Wildman–Crippen MR) is 50.3 cm³/mol. The Bertz CT molecular complexity index is 413. The molecule has 1 aromatic rings. The molecule has 1 N–H and O–H groups in total. The molecule has 0 fully saturated rings. The summed E-state index contributed by atoms with van der Waals surface area (Å²) in [5.74, 6) is 3.43. The SMILES string of the molecule is Cc1ccc(F)c(C#CCC(=O)O)c1. The minimum atomic E-state index is -1.01. The van der Waals surface area contributed by atoms with Crippen LogP contribution in [0.4, 0.5) is 4.39 Å². The standard InChI is InChI=1S/C11H9FO2/c1-8-5-6-10(12)9(7-8)3-2-4-11(13)14/h5-7H,4H2,1H3,(H,13,14). The van der Waals surface area contributed by atoms with Gasteiger partial charge in [-0.1, -0.05) is 17.9 Å². The maximum absolute atomic E-state index is 13.0. The molecule has 14 heavy (non-hydrogen) atoms. The van der Waals surface area contributed by atoms with Crippen LogP contribution in [0, 0.1) is 24.6 Å². The van der Waals surface area contributed by atoms with Crippen LogP contribution in [-0.4, -0.2) is 11.1 Å². The smallest absolute Gasteiger partial charge is 0.315 e. The number of aliphatic carboxylic acids is 1. The first kappa shape index (κ1) is 10.3. The van der Waals surface area contributed by atoms with Gasteiger partial charge >= 0.3 is 5.97 Å². The van der Waals surface area contributed by atoms with Crippen molar-refractivity contribution < 1.29 is 14.3 Å². The van der Waals surface area contributed by atoms with Crippen molar-refractivity contribution >= 4 is 5.97 Å². The van der Waals surface area contributed by atoms with Crippen LogP contribution in [0.25, 0.3) is 0 Å². The third kappa shape index (κ3) is 2.91. The fourth-order valence-corrected chi connectivity index (χ4v) is 0.950. The summed E-state index contributed by atoms with van der Waals surface area (Å²) < 4.78 is 13.0. The van der Waals surface area contributed by atoms with Gasteiger partial charge in [0.05, 0.1) is 5.56 Å². The van der Waals surface area contributed by atoms with E-state index in [4.69, 9.17) is 5.11 Å². The van der Waals surface area contributed by atoms with Gasteiger partial charge in [0, 0.05) is 0 Å². The van der Waals surface area contributed by atoms with Crippen LogP contribution in [0.3, 0.4) is 0 Å². The number of hydrogen-bond acceptors (Lipinski definition) is 1. The summed E-state index contributed by atoms with van der Waals surface area (Å²) in [6.45, 7) is 1.82. The Kier molecular flexibility index (Phi) is 3.24. The van der Waals surface area contributed by atoms with E-state index in [0.29, 0.717) is 0 Å². The number of aryl methyl sites for hydroxylation is 1. The molecule has 72 valence electrons. The number of hydrogen-bond donors (Lipinski definition) is 1. The second-order valence-corrected chi connectivity index (χ2v) is 2.86. The molecule has 0 bridgehead atoms. The topological polar surface area (TPSA) is 37.3 Å². The second kappa shape index (κ2) is 4.43. The van der Waals surface area contributed by atoms with Gasteiger partial charge in [0.15, 0.2) is 0 Å². The first-order chi connectivity index (χ1) is 6.59. The maximum atomic E-state index is 13.0. The molecule has 0 amide bonds. The molecule has 0 unspecified atom stereocenters. The number of carbonyl (C=O) groups is 1. The van der Waals surface area contributed by atoms with Gasteiger partial charge < -0.3 is 5.11 Å². The van der Waals surface area contributed by atoms with Crippen LogP contribution in [0.1, 0.15) is 17.5 Å². The van der Waals surface area contributed by atoms with E-state index in [1.54, 1.807) is 12.1 Å². The molecular weight excluding hydrogens is 183 g/mol. The van der Waals surface area contributed by atoms with Crippen LogP contribution < -0.4 is 0 Å². The summed E-state index contributed by atoms with van der Waals surface area (Å²) >= 11 is 0. The first-order valence-corrected chi connectivity index (χ1v) is 4.06. The van der Waals surface area contributed by atoms with Gasteiger partial charge in [0.1, 0.15) is 12.2 Å². The largest absolute Gasteiger partial charge is 0.481 e. The molecule has 3 heteroatoms. The molecule has 0 heterocycles. The lowest BCUT2D eigenvalue weighted by Crippen LogP contribution is -1.91. The lowest BCUT2D eigenvalue weighted by molar-refractivity contribution is -0.135. The van der Waals surface area contributed by atoms with Crippen LogP contribution in [-0.2, 0) is 4.79 Å². The monoisotopic (exact) mass is 192 g/mol. The van der Waals surface area contributed by atoms with Crippen molar-refractivity contribution in [3.8, 4) is 11.8 Å².